The molecule has 0 aliphatic rings. The lowest BCUT2D eigenvalue weighted by Gasteiger charge is -2.09. The number of halogens is 2. The van der Waals surface area contributed by atoms with Crippen LogP contribution in [-0.2, 0) is 25.8 Å². The molecule has 0 atom stereocenters. The molecule has 3 aromatic rings. The Morgan fingerprint density at radius 1 is 1.28 bits per heavy atom. The summed E-state index contributed by atoms with van der Waals surface area (Å²) in [5, 5.41) is 9.73. The second-order valence-corrected chi connectivity index (χ2v) is 6.92. The quantitative estimate of drug-likeness (QED) is 0.450. The van der Waals surface area contributed by atoms with Crippen molar-refractivity contribution in [1.82, 2.24) is 19.3 Å². The second kappa shape index (κ2) is 7.89. The molecule has 2 aromatic heterocycles. The standard InChI is InChI=1S/C18H18ClFN4S/c1-3-9-24-17(11-13-6-5-10-23(13)2)21-22-18(24)25-12-14-15(19)7-4-8-16(14)20/h3-8,10H,1,9,11-12H2,2H3. The molecule has 0 amide bonds. The lowest BCUT2D eigenvalue weighted by Crippen LogP contribution is -2.07. The molecule has 0 fully saturated rings. The van der Waals surface area contributed by atoms with Gasteiger partial charge in [0.05, 0.1) is 0 Å². The molecule has 1 aromatic carbocycles. The van der Waals surface area contributed by atoms with Gasteiger partial charge < -0.3 is 9.13 Å². The number of nitrogens with zero attached hydrogens (tertiary/aromatic N) is 4. The molecule has 0 radical (unpaired) electrons. The van der Waals surface area contributed by atoms with Gasteiger partial charge in [0.1, 0.15) is 11.6 Å². The van der Waals surface area contributed by atoms with E-state index in [9.17, 15) is 4.39 Å². The number of benzene rings is 1. The molecule has 130 valence electrons. The van der Waals surface area contributed by atoms with E-state index in [0.717, 1.165) is 16.7 Å². The van der Waals surface area contributed by atoms with Crippen LogP contribution in [0, 0.1) is 5.82 Å². The molecule has 0 saturated carbocycles. The summed E-state index contributed by atoms with van der Waals surface area (Å²) in [6.07, 6.45) is 4.47. The fraction of sp³-hybridized carbons (Fsp3) is 0.222. The van der Waals surface area contributed by atoms with Gasteiger partial charge in [0, 0.05) is 48.2 Å². The van der Waals surface area contributed by atoms with E-state index in [4.69, 9.17) is 11.6 Å². The highest BCUT2D eigenvalue weighted by Crippen LogP contribution is 2.28. The smallest absolute Gasteiger partial charge is 0.191 e. The summed E-state index contributed by atoms with van der Waals surface area (Å²) in [7, 11) is 2.00. The Kier molecular flexibility index (Phi) is 5.60. The molecule has 25 heavy (non-hydrogen) atoms. The highest BCUT2D eigenvalue weighted by Gasteiger charge is 2.15. The van der Waals surface area contributed by atoms with Crippen LogP contribution in [0.2, 0.25) is 5.02 Å². The van der Waals surface area contributed by atoms with Crippen molar-refractivity contribution in [2.75, 3.05) is 0 Å². The summed E-state index contributed by atoms with van der Waals surface area (Å²) in [5.74, 6) is 0.938. The second-order valence-electron chi connectivity index (χ2n) is 5.57. The molecule has 4 nitrogen and oxygen atoms in total. The zero-order chi connectivity index (χ0) is 17.8. The number of rotatable bonds is 7. The molecular weight excluding hydrogens is 359 g/mol. The van der Waals surface area contributed by atoms with E-state index < -0.39 is 0 Å². The van der Waals surface area contributed by atoms with Crippen molar-refractivity contribution >= 4 is 23.4 Å². The average Bonchev–Trinajstić information content (AvgIpc) is 3.15. The summed E-state index contributed by atoms with van der Waals surface area (Å²) in [5.41, 5.74) is 1.62. The van der Waals surface area contributed by atoms with Crippen LogP contribution >= 0.6 is 23.4 Å². The van der Waals surface area contributed by atoms with Crippen molar-refractivity contribution in [2.45, 2.75) is 23.9 Å². The number of allylic oxidation sites excluding steroid dienone is 1. The van der Waals surface area contributed by atoms with E-state index in [-0.39, 0.29) is 5.82 Å². The highest BCUT2D eigenvalue weighted by molar-refractivity contribution is 7.98. The third kappa shape index (κ3) is 3.96. The molecule has 0 aliphatic heterocycles. The summed E-state index contributed by atoms with van der Waals surface area (Å²) in [6.45, 7) is 4.40. The minimum Gasteiger partial charge on any atom is -0.354 e. The van der Waals surface area contributed by atoms with E-state index in [1.165, 1.54) is 17.8 Å². The van der Waals surface area contributed by atoms with Crippen LogP contribution in [0.4, 0.5) is 4.39 Å². The van der Waals surface area contributed by atoms with Crippen LogP contribution in [0.15, 0.2) is 54.3 Å². The minimum absolute atomic E-state index is 0.307. The molecule has 0 spiro atoms. The maximum atomic E-state index is 13.9. The molecule has 0 aliphatic carbocycles. The van der Waals surface area contributed by atoms with Crippen LogP contribution in [-0.4, -0.2) is 19.3 Å². The lowest BCUT2D eigenvalue weighted by molar-refractivity contribution is 0.617. The maximum Gasteiger partial charge on any atom is 0.191 e. The predicted molar refractivity (Wildman–Crippen MR) is 99.4 cm³/mol. The van der Waals surface area contributed by atoms with Crippen molar-refractivity contribution in [1.29, 1.82) is 0 Å². The topological polar surface area (TPSA) is 35.6 Å². The van der Waals surface area contributed by atoms with Gasteiger partial charge in [-0.1, -0.05) is 35.5 Å². The van der Waals surface area contributed by atoms with Gasteiger partial charge >= 0.3 is 0 Å². The summed E-state index contributed by atoms with van der Waals surface area (Å²) >= 11 is 7.52. The van der Waals surface area contributed by atoms with E-state index in [2.05, 4.69) is 27.4 Å². The molecule has 0 N–H and O–H groups in total. The summed E-state index contributed by atoms with van der Waals surface area (Å²) < 4.78 is 18.0. The third-order valence-electron chi connectivity index (χ3n) is 3.90. The number of hydrogen-bond donors (Lipinski definition) is 0. The van der Waals surface area contributed by atoms with Crippen molar-refractivity contribution in [3.63, 3.8) is 0 Å². The number of hydrogen-bond acceptors (Lipinski definition) is 3. The monoisotopic (exact) mass is 376 g/mol. The number of aromatic nitrogens is 4. The largest absolute Gasteiger partial charge is 0.354 e. The molecule has 0 unspecified atom stereocenters. The lowest BCUT2D eigenvalue weighted by atomic mass is 10.2. The predicted octanol–water partition coefficient (Wildman–Crippen LogP) is 4.48. The van der Waals surface area contributed by atoms with Gasteiger partial charge in [0.25, 0.3) is 0 Å². The Balaban J connectivity index is 1.82. The molecule has 3 rings (SSSR count). The molecule has 0 saturated heterocycles. The summed E-state index contributed by atoms with van der Waals surface area (Å²) in [6, 6.07) is 8.76. The fourth-order valence-corrected chi connectivity index (χ4v) is 3.83. The third-order valence-corrected chi connectivity index (χ3v) is 5.25. The van der Waals surface area contributed by atoms with Crippen LogP contribution in [0.3, 0.4) is 0 Å². The van der Waals surface area contributed by atoms with Crippen LogP contribution < -0.4 is 0 Å². The van der Waals surface area contributed by atoms with Crippen molar-refractivity contribution in [3.05, 3.63) is 77.1 Å². The first-order chi connectivity index (χ1) is 12.1. The first-order valence-electron chi connectivity index (χ1n) is 7.79. The van der Waals surface area contributed by atoms with Crippen LogP contribution in [0.1, 0.15) is 17.1 Å². The normalized spacial score (nSPS) is 11.0. The summed E-state index contributed by atoms with van der Waals surface area (Å²) in [4.78, 5) is 0. The van der Waals surface area contributed by atoms with E-state index in [1.807, 2.05) is 23.9 Å². The van der Waals surface area contributed by atoms with E-state index >= 15 is 0 Å². The van der Waals surface area contributed by atoms with Crippen LogP contribution in [0.25, 0.3) is 0 Å². The van der Waals surface area contributed by atoms with Crippen molar-refractivity contribution in [3.8, 4) is 0 Å². The Hall–Kier alpha value is -2.05. The first kappa shape index (κ1) is 17.8. The molecule has 0 bridgehead atoms. The average molecular weight is 377 g/mol. The zero-order valence-electron chi connectivity index (χ0n) is 13.8. The molecule has 2 heterocycles. The van der Waals surface area contributed by atoms with Gasteiger partial charge in [0.2, 0.25) is 0 Å². The Bertz CT molecular complexity index is 867. The van der Waals surface area contributed by atoms with Gasteiger partial charge in [0.15, 0.2) is 5.16 Å². The Labute approximate surface area is 155 Å². The van der Waals surface area contributed by atoms with Gasteiger partial charge in [-0.3, -0.25) is 0 Å². The van der Waals surface area contributed by atoms with Gasteiger partial charge in [-0.25, -0.2) is 4.39 Å². The Morgan fingerprint density at radius 3 is 2.80 bits per heavy atom. The van der Waals surface area contributed by atoms with E-state index in [0.29, 0.717) is 29.3 Å². The molecular formula is C18H18ClFN4S. The van der Waals surface area contributed by atoms with Gasteiger partial charge in [-0.15, -0.1) is 16.8 Å². The van der Waals surface area contributed by atoms with Crippen LogP contribution in [0.5, 0.6) is 0 Å². The Morgan fingerprint density at radius 2 is 2.12 bits per heavy atom. The van der Waals surface area contributed by atoms with Crippen molar-refractivity contribution in [2.24, 2.45) is 7.05 Å². The first-order valence-corrected chi connectivity index (χ1v) is 9.15. The number of aryl methyl sites for hydroxylation is 1. The zero-order valence-corrected chi connectivity index (χ0v) is 15.4. The minimum atomic E-state index is -0.307. The van der Waals surface area contributed by atoms with Gasteiger partial charge in [-0.2, -0.15) is 0 Å². The SMILES string of the molecule is C=CCn1c(Cc2cccn2C)nnc1SCc1c(F)cccc1Cl. The van der Waals surface area contributed by atoms with E-state index in [1.54, 1.807) is 18.2 Å². The van der Waals surface area contributed by atoms with Crippen molar-refractivity contribution < 1.29 is 4.39 Å². The highest BCUT2D eigenvalue weighted by atomic mass is 35.5. The fourth-order valence-electron chi connectivity index (χ4n) is 2.52. The number of thioether (sulfide) groups is 1. The van der Waals surface area contributed by atoms with Gasteiger partial charge in [-0.05, 0) is 24.3 Å². The molecule has 7 heteroatoms. The maximum absolute atomic E-state index is 13.9.